The van der Waals surface area contributed by atoms with Crippen molar-refractivity contribution in [1.82, 2.24) is 35.7 Å². The molecule has 0 unspecified atom stereocenters. The van der Waals surface area contributed by atoms with Gasteiger partial charge in [0.25, 0.3) is 0 Å². The number of H-pyrrole nitrogens is 1. The minimum absolute atomic E-state index is 0.0402. The second-order valence-corrected chi connectivity index (χ2v) is 5.64. The molecule has 22 heavy (non-hydrogen) atoms. The van der Waals surface area contributed by atoms with Crippen LogP contribution in [0.5, 0.6) is 0 Å². The van der Waals surface area contributed by atoms with Crippen molar-refractivity contribution in [3.05, 3.63) is 23.3 Å². The Morgan fingerprint density at radius 3 is 3.09 bits per heavy atom. The molecule has 2 aromatic heterocycles. The van der Waals surface area contributed by atoms with E-state index >= 15 is 0 Å². The van der Waals surface area contributed by atoms with Crippen LogP contribution >= 0.6 is 0 Å². The minimum atomic E-state index is 0.0402. The summed E-state index contributed by atoms with van der Waals surface area (Å²) in [6, 6.07) is 0. The van der Waals surface area contributed by atoms with Crippen molar-refractivity contribution >= 4 is 5.91 Å². The number of fused-ring (bicyclic) bond motifs is 1. The monoisotopic (exact) mass is 303 g/mol. The molecule has 0 saturated carbocycles. The predicted molar refractivity (Wildman–Crippen MR) is 78.7 cm³/mol. The lowest BCUT2D eigenvalue weighted by atomic mass is 10.1. The van der Waals surface area contributed by atoms with E-state index in [4.69, 9.17) is 0 Å². The first-order chi connectivity index (χ1) is 10.8. The Bertz CT molecular complexity index is 605. The van der Waals surface area contributed by atoms with Crippen molar-refractivity contribution in [2.45, 2.75) is 58.0 Å². The fourth-order valence-electron chi connectivity index (χ4n) is 2.83. The Morgan fingerprint density at radius 2 is 2.23 bits per heavy atom. The summed E-state index contributed by atoms with van der Waals surface area (Å²) in [6.07, 6.45) is 8.57. The molecule has 2 N–H and O–H groups in total. The molecule has 0 spiro atoms. The fourth-order valence-corrected chi connectivity index (χ4v) is 2.83. The van der Waals surface area contributed by atoms with E-state index in [1.54, 1.807) is 11.0 Å². The quantitative estimate of drug-likeness (QED) is 0.767. The first-order valence-corrected chi connectivity index (χ1v) is 7.85. The maximum atomic E-state index is 11.9. The number of amides is 1. The van der Waals surface area contributed by atoms with E-state index in [9.17, 15) is 4.79 Å². The number of nitrogens with one attached hydrogen (secondary N) is 2. The molecule has 2 heterocycles. The molecule has 1 aliphatic rings. The number of carbonyl (C=O) groups excluding carboxylic acids is 1. The van der Waals surface area contributed by atoms with E-state index < -0.39 is 0 Å². The molecule has 0 aromatic carbocycles. The van der Waals surface area contributed by atoms with E-state index in [2.05, 4.69) is 31.0 Å². The molecule has 1 amide bonds. The van der Waals surface area contributed by atoms with Gasteiger partial charge in [0, 0.05) is 18.7 Å². The average Bonchev–Trinajstić information content (AvgIpc) is 3.10. The molecule has 8 heteroatoms. The van der Waals surface area contributed by atoms with Gasteiger partial charge in [-0.25, -0.2) is 4.68 Å². The summed E-state index contributed by atoms with van der Waals surface area (Å²) in [4.78, 5) is 11.9. The van der Waals surface area contributed by atoms with Crippen LogP contribution in [0.3, 0.4) is 0 Å². The molecule has 1 aliphatic carbocycles. The van der Waals surface area contributed by atoms with Gasteiger partial charge in [0.2, 0.25) is 5.91 Å². The van der Waals surface area contributed by atoms with Gasteiger partial charge in [-0.2, -0.15) is 5.10 Å². The van der Waals surface area contributed by atoms with E-state index in [0.29, 0.717) is 19.5 Å². The summed E-state index contributed by atoms with van der Waals surface area (Å²) >= 11 is 0. The second kappa shape index (κ2) is 7.15. The predicted octanol–water partition coefficient (Wildman–Crippen LogP) is 0.762. The van der Waals surface area contributed by atoms with Crippen molar-refractivity contribution in [2.24, 2.45) is 0 Å². The number of aryl methyl sites for hydroxylation is 2. The molecule has 0 saturated heterocycles. The fraction of sp³-hybridized carbons (Fsp3) is 0.643. The number of hydrogen-bond acceptors (Lipinski definition) is 5. The van der Waals surface area contributed by atoms with Gasteiger partial charge < -0.3 is 5.32 Å². The lowest BCUT2D eigenvalue weighted by Crippen LogP contribution is -2.23. The molecule has 118 valence electrons. The first-order valence-electron chi connectivity index (χ1n) is 7.85. The van der Waals surface area contributed by atoms with Crippen molar-refractivity contribution in [1.29, 1.82) is 0 Å². The first kappa shape index (κ1) is 14.7. The third-order valence-electron chi connectivity index (χ3n) is 4.03. The number of tetrazole rings is 1. The van der Waals surface area contributed by atoms with Crippen LogP contribution in [-0.4, -0.2) is 36.3 Å². The van der Waals surface area contributed by atoms with Crippen LogP contribution in [0.2, 0.25) is 0 Å². The highest BCUT2D eigenvalue weighted by Gasteiger charge is 2.15. The van der Waals surface area contributed by atoms with Crippen LogP contribution in [0.1, 0.15) is 49.1 Å². The average molecular weight is 303 g/mol. The van der Waals surface area contributed by atoms with Gasteiger partial charge in [0.1, 0.15) is 6.33 Å². The molecule has 0 fully saturated rings. The van der Waals surface area contributed by atoms with Crippen molar-refractivity contribution < 1.29 is 4.79 Å². The Balaban J connectivity index is 1.44. The van der Waals surface area contributed by atoms with Crippen LogP contribution < -0.4 is 5.32 Å². The second-order valence-electron chi connectivity index (χ2n) is 5.64. The minimum Gasteiger partial charge on any atom is -0.350 e. The summed E-state index contributed by atoms with van der Waals surface area (Å²) in [5, 5.41) is 21.3. The molecule has 3 rings (SSSR count). The van der Waals surface area contributed by atoms with Crippen LogP contribution in [-0.2, 0) is 30.7 Å². The summed E-state index contributed by atoms with van der Waals surface area (Å²) in [5.41, 5.74) is 3.55. The number of carbonyl (C=O) groups is 1. The zero-order valence-electron chi connectivity index (χ0n) is 12.6. The number of aromatic amines is 1. The number of hydrogen-bond donors (Lipinski definition) is 2. The van der Waals surface area contributed by atoms with Crippen LogP contribution in [0.15, 0.2) is 6.33 Å². The summed E-state index contributed by atoms with van der Waals surface area (Å²) in [6.45, 7) is 1.16. The van der Waals surface area contributed by atoms with Gasteiger partial charge in [0.05, 0.1) is 12.2 Å². The molecular weight excluding hydrogens is 282 g/mol. The van der Waals surface area contributed by atoms with E-state index in [-0.39, 0.29) is 5.91 Å². The maximum Gasteiger partial charge on any atom is 0.220 e. The Labute approximate surface area is 128 Å². The highest BCUT2D eigenvalue weighted by Crippen LogP contribution is 2.21. The van der Waals surface area contributed by atoms with Gasteiger partial charge in [-0.15, -0.1) is 5.10 Å². The normalized spacial score (nSPS) is 14.4. The SMILES string of the molecule is O=C(CCCn1cnnn1)NCc1n[nH]c2c1CCCCC2. The standard InChI is InChI=1S/C14H21N7O/c22-14(7-4-8-21-10-16-19-20-21)15-9-13-11-5-2-1-3-6-12(11)17-18-13/h10H,1-9H2,(H,15,22)(H,17,18). The van der Waals surface area contributed by atoms with E-state index in [1.165, 1.54) is 30.5 Å². The molecule has 0 radical (unpaired) electrons. The third-order valence-corrected chi connectivity index (χ3v) is 4.03. The zero-order chi connectivity index (χ0) is 15.2. The maximum absolute atomic E-state index is 11.9. The summed E-state index contributed by atoms with van der Waals surface area (Å²) in [5.74, 6) is 0.0402. The molecule has 2 aromatic rings. The summed E-state index contributed by atoms with van der Waals surface area (Å²) < 4.78 is 1.63. The highest BCUT2D eigenvalue weighted by atomic mass is 16.1. The van der Waals surface area contributed by atoms with Crippen LogP contribution in [0.4, 0.5) is 0 Å². The molecule has 8 nitrogen and oxygen atoms in total. The topological polar surface area (TPSA) is 101 Å². The highest BCUT2D eigenvalue weighted by molar-refractivity contribution is 5.75. The van der Waals surface area contributed by atoms with E-state index in [1.807, 2.05) is 0 Å². The molecule has 0 aliphatic heterocycles. The van der Waals surface area contributed by atoms with E-state index in [0.717, 1.165) is 25.0 Å². The van der Waals surface area contributed by atoms with Crippen molar-refractivity contribution in [3.8, 4) is 0 Å². The van der Waals surface area contributed by atoms with Crippen molar-refractivity contribution in [3.63, 3.8) is 0 Å². The lowest BCUT2D eigenvalue weighted by Gasteiger charge is -2.05. The van der Waals surface area contributed by atoms with Crippen LogP contribution in [0.25, 0.3) is 0 Å². The Hall–Kier alpha value is -2.25. The smallest absolute Gasteiger partial charge is 0.220 e. The Kier molecular flexibility index (Phi) is 4.77. The molecule has 0 bridgehead atoms. The third kappa shape index (κ3) is 3.69. The molecule has 0 atom stereocenters. The van der Waals surface area contributed by atoms with Crippen LogP contribution in [0, 0.1) is 0 Å². The summed E-state index contributed by atoms with van der Waals surface area (Å²) in [7, 11) is 0. The Morgan fingerprint density at radius 1 is 1.32 bits per heavy atom. The van der Waals surface area contributed by atoms with Crippen molar-refractivity contribution in [2.75, 3.05) is 0 Å². The van der Waals surface area contributed by atoms with Gasteiger partial charge >= 0.3 is 0 Å². The van der Waals surface area contributed by atoms with Gasteiger partial charge in [0.15, 0.2) is 0 Å². The van der Waals surface area contributed by atoms with Gasteiger partial charge in [-0.05, 0) is 48.1 Å². The van der Waals surface area contributed by atoms with Gasteiger partial charge in [-0.3, -0.25) is 9.89 Å². The lowest BCUT2D eigenvalue weighted by molar-refractivity contribution is -0.121. The van der Waals surface area contributed by atoms with Gasteiger partial charge in [-0.1, -0.05) is 6.42 Å². The zero-order valence-corrected chi connectivity index (χ0v) is 12.6. The number of rotatable bonds is 6. The largest absolute Gasteiger partial charge is 0.350 e. The number of aromatic nitrogens is 6. The molecular formula is C14H21N7O. The number of nitrogens with zero attached hydrogens (tertiary/aromatic N) is 5.